The van der Waals surface area contributed by atoms with Gasteiger partial charge >= 0.3 is 0 Å². The van der Waals surface area contributed by atoms with Crippen LogP contribution in [0.25, 0.3) is 0 Å². The minimum Gasteiger partial charge on any atom is -0.298 e. The minimum atomic E-state index is -0.889. The van der Waals surface area contributed by atoms with Crippen molar-refractivity contribution in [2.24, 2.45) is 5.92 Å². The number of hydrogen-bond donors (Lipinski definition) is 0. The van der Waals surface area contributed by atoms with E-state index >= 15 is 0 Å². The van der Waals surface area contributed by atoms with Crippen molar-refractivity contribution in [3.63, 3.8) is 0 Å². The summed E-state index contributed by atoms with van der Waals surface area (Å²) in [7, 11) is 0. The van der Waals surface area contributed by atoms with Crippen molar-refractivity contribution < 1.29 is 4.39 Å². The van der Waals surface area contributed by atoms with Gasteiger partial charge in [0.05, 0.1) is 0 Å². The Labute approximate surface area is 143 Å². The number of fused-ring (bicyclic) bond motifs is 1. The van der Waals surface area contributed by atoms with Gasteiger partial charge in [-0.3, -0.25) is 4.90 Å². The second kappa shape index (κ2) is 8.82. The minimum absolute atomic E-state index is 0.266. The second-order valence-electron chi connectivity index (χ2n) is 6.85. The molecule has 132 valence electrons. The fraction of sp³-hybridized carbons (Fsp3) is 0.714. The molecular formula is C21H36FN. The largest absolute Gasteiger partial charge is 0.298 e. The Balaban J connectivity index is 0.000000615. The lowest BCUT2D eigenvalue weighted by atomic mass is 9.93. The average molecular weight is 322 g/mol. The van der Waals surface area contributed by atoms with Crippen LogP contribution in [0.1, 0.15) is 77.5 Å². The first-order valence-electron chi connectivity index (χ1n) is 9.48. The summed E-state index contributed by atoms with van der Waals surface area (Å²) < 4.78 is 13.7. The van der Waals surface area contributed by atoms with Gasteiger partial charge in [0.15, 0.2) is 0 Å². The van der Waals surface area contributed by atoms with E-state index in [0.717, 1.165) is 32.5 Å². The van der Waals surface area contributed by atoms with E-state index in [9.17, 15) is 4.39 Å². The van der Waals surface area contributed by atoms with E-state index in [-0.39, 0.29) is 5.92 Å². The summed E-state index contributed by atoms with van der Waals surface area (Å²) >= 11 is 0. The summed E-state index contributed by atoms with van der Waals surface area (Å²) in [5, 5.41) is 0. The van der Waals surface area contributed by atoms with Crippen LogP contribution in [0.15, 0.2) is 18.2 Å². The van der Waals surface area contributed by atoms with Gasteiger partial charge in [-0.15, -0.1) is 0 Å². The molecule has 0 aromatic heterocycles. The molecule has 2 aliphatic rings. The van der Waals surface area contributed by atoms with E-state index in [1.807, 2.05) is 27.7 Å². The summed E-state index contributed by atoms with van der Waals surface area (Å²) in [5.74, 6) is 0.848. The van der Waals surface area contributed by atoms with Gasteiger partial charge in [0.25, 0.3) is 0 Å². The highest BCUT2D eigenvalue weighted by atomic mass is 19.1. The summed E-state index contributed by atoms with van der Waals surface area (Å²) in [6.07, 6.45) is 1.87. The monoisotopic (exact) mass is 321 g/mol. The normalized spacial score (nSPS) is 25.7. The number of nitrogens with zero attached hydrogens (tertiary/aromatic N) is 1. The molecule has 0 bridgehead atoms. The van der Waals surface area contributed by atoms with Crippen molar-refractivity contribution in [1.29, 1.82) is 0 Å². The van der Waals surface area contributed by atoms with Crippen LogP contribution in [-0.2, 0) is 13.0 Å². The molecule has 1 fully saturated rings. The Kier molecular flexibility index (Phi) is 7.73. The summed E-state index contributed by atoms with van der Waals surface area (Å²) in [5.41, 5.74) is 3.47. The van der Waals surface area contributed by atoms with E-state index in [4.69, 9.17) is 0 Å². The first-order valence-corrected chi connectivity index (χ1v) is 9.48. The van der Waals surface area contributed by atoms with Gasteiger partial charge in [0.2, 0.25) is 0 Å². The van der Waals surface area contributed by atoms with Crippen molar-refractivity contribution in [3.05, 3.63) is 34.9 Å². The van der Waals surface area contributed by atoms with Gasteiger partial charge in [-0.05, 0) is 42.4 Å². The van der Waals surface area contributed by atoms with Crippen molar-refractivity contribution in [2.45, 2.75) is 79.4 Å². The van der Waals surface area contributed by atoms with Gasteiger partial charge in [0.1, 0.15) is 5.67 Å². The third-order valence-corrected chi connectivity index (χ3v) is 4.80. The lowest BCUT2D eigenvalue weighted by molar-refractivity contribution is 0.212. The molecule has 1 aliphatic heterocycles. The zero-order chi connectivity index (χ0) is 17.6. The van der Waals surface area contributed by atoms with Crippen LogP contribution >= 0.6 is 0 Å². The number of halogens is 1. The molecule has 1 aromatic carbocycles. The molecule has 2 unspecified atom stereocenters. The zero-order valence-corrected chi connectivity index (χ0v) is 16.2. The maximum Gasteiger partial charge on any atom is 0.112 e. The van der Waals surface area contributed by atoms with E-state index in [0.29, 0.717) is 5.92 Å². The van der Waals surface area contributed by atoms with Gasteiger partial charge in [-0.25, -0.2) is 4.39 Å². The van der Waals surface area contributed by atoms with Crippen molar-refractivity contribution in [1.82, 2.24) is 4.90 Å². The summed E-state index contributed by atoms with van der Waals surface area (Å²) in [4.78, 5) is 2.43. The first kappa shape index (κ1) is 20.2. The van der Waals surface area contributed by atoms with Crippen LogP contribution < -0.4 is 0 Å². The number of alkyl halides is 1. The summed E-state index contributed by atoms with van der Waals surface area (Å²) in [6.45, 7) is 17.2. The Morgan fingerprint density at radius 2 is 1.78 bits per heavy atom. The predicted octanol–water partition coefficient (Wildman–Crippen LogP) is 5.97. The van der Waals surface area contributed by atoms with Crippen LogP contribution in [-0.4, -0.2) is 23.7 Å². The Hall–Kier alpha value is -0.890. The summed E-state index contributed by atoms with van der Waals surface area (Å²) in [6, 6.07) is 6.91. The Bertz CT molecular complexity index is 479. The van der Waals surface area contributed by atoms with E-state index in [1.54, 1.807) is 6.92 Å². The van der Waals surface area contributed by atoms with Crippen LogP contribution in [0, 0.1) is 5.92 Å². The highest BCUT2D eigenvalue weighted by Crippen LogP contribution is 2.47. The van der Waals surface area contributed by atoms with E-state index in [2.05, 4.69) is 36.9 Å². The molecule has 0 saturated heterocycles. The predicted molar refractivity (Wildman–Crippen MR) is 99.8 cm³/mol. The molecule has 1 heterocycles. The molecule has 1 aliphatic carbocycles. The highest BCUT2D eigenvalue weighted by molar-refractivity contribution is 5.35. The highest BCUT2D eigenvalue weighted by Gasteiger charge is 2.51. The lowest BCUT2D eigenvalue weighted by Crippen LogP contribution is -2.33. The SMILES string of the molecule is CC.CC.CC(C)c1ccc2c(c1)CN(CC1CC1(C)F)CC2. The molecule has 1 nitrogen and oxygen atoms in total. The smallest absolute Gasteiger partial charge is 0.112 e. The number of benzene rings is 1. The van der Waals surface area contributed by atoms with Crippen LogP contribution in [0.2, 0.25) is 0 Å². The molecule has 3 rings (SSSR count). The zero-order valence-electron chi connectivity index (χ0n) is 16.2. The van der Waals surface area contributed by atoms with E-state index < -0.39 is 5.67 Å². The fourth-order valence-electron chi connectivity index (χ4n) is 3.14. The fourth-order valence-corrected chi connectivity index (χ4v) is 3.14. The standard InChI is InChI=1S/C17H24FN.2C2H6/c1-12(2)14-5-4-13-6-7-19(10-15(13)8-14)11-16-9-17(16,3)18;2*1-2/h4-5,8,12,16H,6-7,9-11H2,1-3H3;2*1-2H3. The molecule has 2 atom stereocenters. The molecule has 0 N–H and O–H groups in total. The maximum atomic E-state index is 13.7. The van der Waals surface area contributed by atoms with Crippen molar-refractivity contribution in [2.75, 3.05) is 13.1 Å². The van der Waals surface area contributed by atoms with Gasteiger partial charge in [0, 0.05) is 25.6 Å². The van der Waals surface area contributed by atoms with Crippen LogP contribution in [0.4, 0.5) is 4.39 Å². The molecule has 1 saturated carbocycles. The third-order valence-electron chi connectivity index (χ3n) is 4.80. The van der Waals surface area contributed by atoms with Gasteiger partial charge in [-0.2, -0.15) is 0 Å². The third kappa shape index (κ3) is 5.31. The molecular weight excluding hydrogens is 285 g/mol. The van der Waals surface area contributed by atoms with Gasteiger partial charge in [-0.1, -0.05) is 59.7 Å². The molecule has 23 heavy (non-hydrogen) atoms. The Morgan fingerprint density at radius 1 is 1.17 bits per heavy atom. The van der Waals surface area contributed by atoms with Crippen LogP contribution in [0.3, 0.4) is 0 Å². The quantitative estimate of drug-likeness (QED) is 0.663. The second-order valence-corrected chi connectivity index (χ2v) is 6.85. The lowest BCUT2D eigenvalue weighted by Gasteiger charge is -2.29. The number of hydrogen-bond acceptors (Lipinski definition) is 1. The molecule has 0 radical (unpaired) electrons. The van der Waals surface area contributed by atoms with Crippen LogP contribution in [0.5, 0.6) is 0 Å². The Morgan fingerprint density at radius 3 is 2.30 bits per heavy atom. The van der Waals surface area contributed by atoms with Crippen molar-refractivity contribution >= 4 is 0 Å². The first-order chi connectivity index (χ1) is 11.0. The maximum absolute atomic E-state index is 13.7. The van der Waals surface area contributed by atoms with Gasteiger partial charge < -0.3 is 0 Å². The molecule has 0 amide bonds. The van der Waals surface area contributed by atoms with Crippen molar-refractivity contribution in [3.8, 4) is 0 Å². The molecule has 0 spiro atoms. The number of rotatable bonds is 3. The topological polar surface area (TPSA) is 3.24 Å². The van der Waals surface area contributed by atoms with E-state index in [1.165, 1.54) is 16.7 Å². The molecule has 1 aromatic rings. The molecule has 2 heteroatoms. The average Bonchev–Trinajstić information content (AvgIpc) is 3.16.